The molecule has 10 N–H and O–H groups in total. The Hall–Kier alpha value is -14.9. The Kier molecular flexibility index (Phi) is 37.8. The van der Waals surface area contributed by atoms with Gasteiger partial charge in [-0.3, -0.25) is 19.8 Å². The van der Waals surface area contributed by atoms with Gasteiger partial charge in [-0.2, -0.15) is 19.9 Å². The number of benzene rings is 6. The summed E-state index contributed by atoms with van der Waals surface area (Å²) in [6, 6.07) is 47.9. The van der Waals surface area contributed by atoms with Crippen LogP contribution in [0.15, 0.2) is 198 Å². The van der Waals surface area contributed by atoms with Crippen LogP contribution in [-0.2, 0) is 40.2 Å². The molecule has 12 rings (SSSR count). The summed E-state index contributed by atoms with van der Waals surface area (Å²) in [5.41, 5.74) is 17.4. The van der Waals surface area contributed by atoms with Gasteiger partial charge in [0.25, 0.3) is 0 Å². The molecule has 0 spiro atoms. The van der Waals surface area contributed by atoms with Crippen LogP contribution in [0.1, 0.15) is 114 Å². The number of halogens is 3. The minimum absolute atomic E-state index is 0.00283. The Bertz CT molecular complexity index is 5690. The molecule has 40 heteroatoms. The number of thiophene rings is 2. The number of ether oxygens (including phenoxy) is 2. The van der Waals surface area contributed by atoms with E-state index in [0.717, 1.165) is 27.8 Å². The van der Waals surface area contributed by atoms with Crippen LogP contribution in [0.2, 0.25) is 8.67 Å². The van der Waals surface area contributed by atoms with E-state index in [1.807, 2.05) is 38.4 Å². The highest BCUT2D eigenvalue weighted by atomic mass is 35.5. The molecule has 0 fully saturated rings. The average molecular weight is 1750 g/mol. The Morgan fingerprint density at radius 2 is 0.811 bits per heavy atom. The lowest BCUT2D eigenvalue weighted by atomic mass is 10.1. The highest BCUT2D eigenvalue weighted by molar-refractivity contribution is 7.18. The lowest BCUT2D eigenvalue weighted by molar-refractivity contribution is -0.136. The zero-order chi connectivity index (χ0) is 89.5. The first-order valence-corrected chi connectivity index (χ1v) is 38.3. The van der Waals surface area contributed by atoms with Gasteiger partial charge in [0.05, 0.1) is 57.8 Å². The topological polar surface area (TPSA) is 470 Å². The maximum Gasteiger partial charge on any atom is 0.408 e. The van der Waals surface area contributed by atoms with Gasteiger partial charge in [-0.15, -0.1) is 22.7 Å². The summed E-state index contributed by atoms with van der Waals surface area (Å²) in [5.74, 6) is 2.70. The molecule has 0 aliphatic heterocycles. The molecule has 6 aromatic carbocycles. The number of alkyl carbamates (subject to hydrolysis) is 2. The first-order chi connectivity index (χ1) is 58.1. The molecule has 0 aliphatic rings. The number of nitrogens with two attached hydrogens (primary N) is 2. The second-order valence-corrected chi connectivity index (χ2v) is 30.2. The van der Waals surface area contributed by atoms with Crippen molar-refractivity contribution in [3.63, 3.8) is 0 Å². The van der Waals surface area contributed by atoms with E-state index < -0.39 is 35.9 Å². The molecule has 35 nitrogen and oxygen atoms in total. The van der Waals surface area contributed by atoms with Crippen molar-refractivity contribution in [3.8, 4) is 45.6 Å². The highest BCUT2D eigenvalue weighted by Gasteiger charge is 2.21. The number of carbonyl (C=O) groups excluding carboxylic acids is 4. The van der Waals surface area contributed by atoms with Crippen molar-refractivity contribution in [2.75, 3.05) is 20.6 Å². The number of nitrogens with one attached hydrogen (secondary N) is 3. The Labute approximate surface area is 721 Å². The number of amidine groups is 2. The van der Waals surface area contributed by atoms with E-state index in [-0.39, 0.29) is 54.4 Å². The van der Waals surface area contributed by atoms with Crippen molar-refractivity contribution in [1.29, 1.82) is 5.41 Å². The van der Waals surface area contributed by atoms with E-state index in [1.165, 1.54) is 22.7 Å². The van der Waals surface area contributed by atoms with Crippen molar-refractivity contribution in [1.82, 2.24) is 56.1 Å². The van der Waals surface area contributed by atoms with Gasteiger partial charge in [0.2, 0.25) is 46.9 Å². The molecular weight excluding hydrogens is 1670 g/mol. The summed E-state index contributed by atoms with van der Waals surface area (Å²) in [5, 5.41) is 58.6. The minimum Gasteiger partial charge on any atom is -0.480 e. The summed E-state index contributed by atoms with van der Waals surface area (Å²) in [6.45, 7) is 44.3. The summed E-state index contributed by atoms with van der Waals surface area (Å²) in [6.07, 6.45) is 0.0669. The number of aromatic nitrogens is 8. The van der Waals surface area contributed by atoms with Crippen LogP contribution in [0.4, 0.5) is 38.0 Å². The fraction of sp³-hybridized carbons (Fsp3) is 0.207. The molecular formula is C82H76Cl3N21O14S2. The fourth-order valence-electron chi connectivity index (χ4n) is 8.97. The fourth-order valence-corrected chi connectivity index (χ4v) is 11.1. The van der Waals surface area contributed by atoms with Crippen molar-refractivity contribution in [3.05, 3.63) is 286 Å². The third-order valence-corrected chi connectivity index (χ3v) is 17.6. The Balaban J connectivity index is 0.000000225. The van der Waals surface area contributed by atoms with Gasteiger partial charge in [0.15, 0.2) is 51.0 Å². The number of hydrogen-bond donors (Lipinski definition) is 8. The molecule has 6 heterocycles. The molecule has 0 saturated carbocycles. The summed E-state index contributed by atoms with van der Waals surface area (Å²) >= 11 is 19.7. The van der Waals surface area contributed by atoms with Crippen LogP contribution in [-0.4, -0.2) is 139 Å². The average Bonchev–Trinajstić information content (AvgIpc) is 1.67. The number of carbonyl (C=O) groups is 5. The molecule has 0 aliphatic carbocycles. The van der Waals surface area contributed by atoms with Crippen molar-refractivity contribution in [2.45, 2.75) is 91.5 Å². The minimum atomic E-state index is -1.10. The van der Waals surface area contributed by atoms with Crippen LogP contribution in [0.25, 0.3) is 69.8 Å². The second-order valence-electron chi connectivity index (χ2n) is 26.4. The number of carboxylic acids is 1. The van der Waals surface area contributed by atoms with E-state index in [0.29, 0.717) is 118 Å². The third-order valence-electron chi connectivity index (χ3n) is 14.8. The number of rotatable bonds is 20. The number of nitrogens with zero attached hydrogens (tertiary/aromatic N) is 16. The van der Waals surface area contributed by atoms with Crippen LogP contribution in [0.5, 0.6) is 0 Å². The van der Waals surface area contributed by atoms with Crippen molar-refractivity contribution in [2.24, 2.45) is 21.8 Å². The quantitative estimate of drug-likeness (QED) is 0.00877. The van der Waals surface area contributed by atoms with E-state index in [9.17, 15) is 24.0 Å². The first-order valence-electron chi connectivity index (χ1n) is 35.5. The van der Waals surface area contributed by atoms with Gasteiger partial charge in [0.1, 0.15) is 30.1 Å². The smallest absolute Gasteiger partial charge is 0.408 e. The summed E-state index contributed by atoms with van der Waals surface area (Å²) in [7, 11) is 3.65. The maximum absolute atomic E-state index is 12.1. The molecule has 2 amide bonds. The highest BCUT2D eigenvalue weighted by Crippen LogP contribution is 2.28. The Morgan fingerprint density at radius 3 is 1.12 bits per heavy atom. The van der Waals surface area contributed by atoms with Crippen LogP contribution < -0.4 is 22.1 Å². The molecule has 0 radical (unpaired) electrons. The van der Waals surface area contributed by atoms with E-state index in [4.69, 9.17) is 128 Å². The number of hydrogen-bond acceptors (Lipinski definition) is 27. The lowest BCUT2D eigenvalue weighted by Crippen LogP contribution is -2.35. The SMILES string of the molecule is CC(C)(C)OC(=O)NCC(=O)O.CN(C)C(=N)c1ccc(-c2noc(CCC(=O)c3ccc(Cl)s3)n2)cc1.[C-]#[N+]c1ccc(-c2noc(CCC(=O)c3ccc(Cl)s3)n2)cc1.[C-]#[N+]c1ccc(-c2noc(CN)n2)cc1.[C-]#[N+]c1ccc(-c2noc(CNC(=O)OC(C)(C)C)n2)cc1.[C-]#[N+]c1ccc(/C(Cl)=N/O)cc1.[C-]#[N+]c1ccc(/C(N)=N/O)cc1. The van der Waals surface area contributed by atoms with Gasteiger partial charge < -0.3 is 70.1 Å². The number of aryl methyl sites for hydroxylation is 2. The molecule has 12 aromatic rings. The van der Waals surface area contributed by atoms with Crippen LogP contribution >= 0.6 is 57.5 Å². The number of carboxylic acid groups (broad SMARTS) is 1. The lowest BCUT2D eigenvalue weighted by Gasteiger charge is -2.19. The molecule has 0 atom stereocenters. The zero-order valence-electron chi connectivity index (χ0n) is 66.2. The number of amides is 2. The van der Waals surface area contributed by atoms with Gasteiger partial charge >= 0.3 is 18.2 Å². The van der Waals surface area contributed by atoms with Gasteiger partial charge in [-0.05, 0) is 65.8 Å². The summed E-state index contributed by atoms with van der Waals surface area (Å²) < 4.78 is 31.4. The van der Waals surface area contributed by atoms with Gasteiger partial charge in [0, 0.05) is 78.7 Å². The molecule has 0 saturated heterocycles. The van der Waals surface area contributed by atoms with Gasteiger partial charge in [-0.25, -0.2) is 33.8 Å². The van der Waals surface area contributed by atoms with E-state index in [2.05, 4.69) is 85.7 Å². The first kappa shape index (κ1) is 96.0. The Morgan fingerprint density at radius 1 is 0.492 bits per heavy atom. The standard InChI is InChI=1S/C18H17ClN4O2S.C16H10ClN3O2S.C15H16N4O3.C10H8N4O.C8H5ClN2O.C8H7N3O.C7H13NO4/c1-23(2)17(20)11-3-5-12(6-4-11)18-21-16(25-22-18)10-7-13(24)14-8-9-15(19)26-14;1-18-11-4-2-10(3-5-11)16-19-15(22-20-16)9-6-12(21)13-7-8-14(17)23-13;1-15(2,3)21-14(20)17-9-12-18-13(19-22-12)10-5-7-11(16-4)8-6-10;1-12-8-4-2-7(3-5-8)10-13-9(6-11)15-14-10;2*1-10-7-4-2-6(3-5-7)8(9)11-12;1-7(2,3)12-6(11)8-4-5(9)10/h3-6,8-9,20H,7,10H2,1-2H3;2-5,7-8H,6,9H2;5-8H,9H2,1-3H3,(H,17,20);2-5H,6,11H2;2-5,12H;2-5,12H,(H2,9,11);4H2,1-3H3,(H,8,11)(H,9,10)/b;;;;11-8-;;. The number of ketones is 2. The van der Waals surface area contributed by atoms with E-state index >= 15 is 0 Å². The zero-order valence-corrected chi connectivity index (χ0v) is 70.1. The molecule has 0 unspecified atom stereocenters. The predicted molar refractivity (Wildman–Crippen MR) is 457 cm³/mol. The second kappa shape index (κ2) is 48.1. The molecule has 626 valence electrons. The number of Topliss-reactive ketones (excluding diaryl/α,β-unsaturated/α-hetero) is 2. The van der Waals surface area contributed by atoms with E-state index in [1.54, 1.807) is 192 Å². The van der Waals surface area contributed by atoms with Crippen molar-refractivity contribution < 1.29 is 67.1 Å². The molecule has 6 aromatic heterocycles. The van der Waals surface area contributed by atoms with Crippen molar-refractivity contribution >= 4 is 132 Å². The molecule has 122 heavy (non-hydrogen) atoms. The van der Waals surface area contributed by atoms with Gasteiger partial charge in [-0.1, -0.05) is 211 Å². The maximum atomic E-state index is 12.1. The normalized spacial score (nSPS) is 10.6. The largest absolute Gasteiger partial charge is 0.480 e. The predicted octanol–water partition coefficient (Wildman–Crippen LogP) is 18.6. The third kappa shape index (κ3) is 33.3. The van der Waals surface area contributed by atoms with Crippen LogP contribution in [0.3, 0.4) is 0 Å². The van der Waals surface area contributed by atoms with Crippen LogP contribution in [0, 0.1) is 38.3 Å². The number of oxime groups is 2. The monoisotopic (exact) mass is 1750 g/mol. The molecule has 0 bridgehead atoms. The summed E-state index contributed by atoms with van der Waals surface area (Å²) in [4.78, 5) is 92.6. The number of aliphatic carboxylic acids is 1.